The number of carbonyl (C=O) groups excluding carboxylic acids is 1. The lowest BCUT2D eigenvalue weighted by molar-refractivity contribution is -0.119. The van der Waals surface area contributed by atoms with Gasteiger partial charge in [-0.3, -0.25) is 4.79 Å². The molecule has 0 atom stereocenters. The molecule has 9 heteroatoms. The SMILES string of the molecule is CCN(CC)S(=O)(=O)c1ccc2c(c1)nc(SCC(=O)NC1CCC(C)CC1)n2CC. The van der Waals surface area contributed by atoms with Crippen LogP contribution in [0.1, 0.15) is 53.4 Å². The van der Waals surface area contributed by atoms with E-state index in [4.69, 9.17) is 0 Å². The maximum Gasteiger partial charge on any atom is 0.243 e. The zero-order valence-electron chi connectivity index (χ0n) is 18.9. The number of amides is 1. The average molecular weight is 467 g/mol. The molecule has 1 aromatic heterocycles. The van der Waals surface area contributed by atoms with Gasteiger partial charge in [0.15, 0.2) is 5.16 Å². The Hall–Kier alpha value is -1.58. The van der Waals surface area contributed by atoms with E-state index in [0.29, 0.717) is 30.9 Å². The van der Waals surface area contributed by atoms with Gasteiger partial charge in [-0.1, -0.05) is 32.5 Å². The van der Waals surface area contributed by atoms with Crippen LogP contribution in [0.3, 0.4) is 0 Å². The molecule has 1 N–H and O–H groups in total. The van der Waals surface area contributed by atoms with Gasteiger partial charge in [-0.25, -0.2) is 13.4 Å². The second-order valence-corrected chi connectivity index (χ2v) is 11.1. The highest BCUT2D eigenvalue weighted by atomic mass is 32.2. The Balaban J connectivity index is 1.74. The van der Waals surface area contributed by atoms with Crippen LogP contribution < -0.4 is 5.32 Å². The molecule has 172 valence electrons. The average Bonchev–Trinajstić information content (AvgIpc) is 3.11. The van der Waals surface area contributed by atoms with Crippen molar-refractivity contribution in [3.8, 4) is 0 Å². The minimum Gasteiger partial charge on any atom is -0.353 e. The Labute approximate surface area is 190 Å². The predicted molar refractivity (Wildman–Crippen MR) is 126 cm³/mol. The first-order chi connectivity index (χ1) is 14.8. The van der Waals surface area contributed by atoms with Crippen molar-refractivity contribution in [2.24, 2.45) is 5.92 Å². The molecule has 1 heterocycles. The van der Waals surface area contributed by atoms with Gasteiger partial charge in [0, 0.05) is 25.7 Å². The van der Waals surface area contributed by atoms with Crippen LogP contribution in [0.4, 0.5) is 0 Å². The third-order valence-electron chi connectivity index (χ3n) is 6.06. The summed E-state index contributed by atoms with van der Waals surface area (Å²) in [6.45, 7) is 9.50. The van der Waals surface area contributed by atoms with Crippen LogP contribution >= 0.6 is 11.8 Å². The van der Waals surface area contributed by atoms with Crippen molar-refractivity contribution in [1.82, 2.24) is 19.2 Å². The van der Waals surface area contributed by atoms with Crippen LogP contribution in [0, 0.1) is 5.92 Å². The van der Waals surface area contributed by atoms with Crippen molar-refractivity contribution in [2.75, 3.05) is 18.8 Å². The van der Waals surface area contributed by atoms with E-state index in [0.717, 1.165) is 29.4 Å². The van der Waals surface area contributed by atoms with Gasteiger partial charge in [-0.15, -0.1) is 0 Å². The smallest absolute Gasteiger partial charge is 0.243 e. The third-order valence-corrected chi connectivity index (χ3v) is 9.08. The van der Waals surface area contributed by atoms with Crippen molar-refractivity contribution in [1.29, 1.82) is 0 Å². The van der Waals surface area contributed by atoms with Gasteiger partial charge in [-0.2, -0.15) is 4.31 Å². The van der Waals surface area contributed by atoms with E-state index in [9.17, 15) is 13.2 Å². The summed E-state index contributed by atoms with van der Waals surface area (Å²) in [7, 11) is -3.54. The molecule has 1 aromatic carbocycles. The molecule has 31 heavy (non-hydrogen) atoms. The number of imidazole rings is 1. The molecule has 0 unspecified atom stereocenters. The number of hydrogen-bond acceptors (Lipinski definition) is 5. The molecule has 1 aliphatic rings. The maximum atomic E-state index is 12.9. The zero-order valence-corrected chi connectivity index (χ0v) is 20.6. The fourth-order valence-corrected chi connectivity index (χ4v) is 6.55. The quantitative estimate of drug-likeness (QED) is 0.567. The summed E-state index contributed by atoms with van der Waals surface area (Å²) in [5, 5.41) is 3.89. The largest absolute Gasteiger partial charge is 0.353 e. The lowest BCUT2D eigenvalue weighted by Crippen LogP contribution is -2.38. The van der Waals surface area contributed by atoms with Crippen LogP contribution in [0.25, 0.3) is 11.0 Å². The molecule has 1 aliphatic carbocycles. The van der Waals surface area contributed by atoms with Crippen molar-refractivity contribution in [3.05, 3.63) is 18.2 Å². The molecule has 0 aliphatic heterocycles. The monoisotopic (exact) mass is 466 g/mol. The van der Waals surface area contributed by atoms with Crippen LogP contribution in [0.15, 0.2) is 28.3 Å². The second kappa shape index (κ2) is 10.4. The summed E-state index contributed by atoms with van der Waals surface area (Å²) >= 11 is 1.40. The highest BCUT2D eigenvalue weighted by molar-refractivity contribution is 7.99. The van der Waals surface area contributed by atoms with E-state index >= 15 is 0 Å². The minimum absolute atomic E-state index is 0.0315. The fourth-order valence-electron chi connectivity index (χ4n) is 4.18. The van der Waals surface area contributed by atoms with Gasteiger partial charge in [0.05, 0.1) is 21.7 Å². The molecule has 7 nitrogen and oxygen atoms in total. The van der Waals surface area contributed by atoms with Gasteiger partial charge in [0.2, 0.25) is 15.9 Å². The van der Waals surface area contributed by atoms with Gasteiger partial charge in [0.1, 0.15) is 0 Å². The van der Waals surface area contributed by atoms with Crippen LogP contribution in [0.5, 0.6) is 0 Å². The first kappa shape index (κ1) is 24.1. The van der Waals surface area contributed by atoms with E-state index in [2.05, 4.69) is 17.2 Å². The number of rotatable bonds is 9. The number of thioether (sulfide) groups is 1. The summed E-state index contributed by atoms with van der Waals surface area (Å²) in [6, 6.07) is 5.38. The molecule has 0 radical (unpaired) electrons. The van der Waals surface area contributed by atoms with Gasteiger partial charge in [-0.05, 0) is 56.7 Å². The first-order valence-corrected chi connectivity index (χ1v) is 13.6. The molecule has 1 saturated carbocycles. The Morgan fingerprint density at radius 2 is 1.87 bits per heavy atom. The number of fused-ring (bicyclic) bond motifs is 1. The third kappa shape index (κ3) is 5.43. The molecule has 0 spiro atoms. The van der Waals surface area contributed by atoms with E-state index in [1.165, 1.54) is 28.9 Å². The Morgan fingerprint density at radius 3 is 2.48 bits per heavy atom. The molecule has 3 rings (SSSR count). The minimum atomic E-state index is -3.54. The van der Waals surface area contributed by atoms with E-state index in [1.807, 2.05) is 31.4 Å². The van der Waals surface area contributed by atoms with Crippen molar-refractivity contribution < 1.29 is 13.2 Å². The number of sulfonamides is 1. The van der Waals surface area contributed by atoms with Gasteiger partial charge >= 0.3 is 0 Å². The topological polar surface area (TPSA) is 84.3 Å². The second-order valence-electron chi connectivity index (χ2n) is 8.19. The molecule has 1 fully saturated rings. The fraction of sp³-hybridized carbons (Fsp3) is 0.636. The highest BCUT2D eigenvalue weighted by Gasteiger charge is 2.24. The summed E-state index contributed by atoms with van der Waals surface area (Å²) in [5.41, 5.74) is 1.52. The number of benzene rings is 1. The Bertz CT molecular complexity index is 1010. The van der Waals surface area contributed by atoms with Crippen molar-refractivity contribution in [2.45, 2.75) is 76.0 Å². The molecule has 0 saturated heterocycles. The van der Waals surface area contributed by atoms with Crippen molar-refractivity contribution in [3.63, 3.8) is 0 Å². The van der Waals surface area contributed by atoms with E-state index in [1.54, 1.807) is 12.1 Å². The zero-order chi connectivity index (χ0) is 22.6. The molecule has 1 amide bonds. The van der Waals surface area contributed by atoms with E-state index < -0.39 is 10.0 Å². The van der Waals surface area contributed by atoms with Crippen molar-refractivity contribution >= 4 is 38.7 Å². The number of carbonyl (C=O) groups is 1. The normalized spacial score (nSPS) is 19.8. The number of aryl methyl sites for hydroxylation is 1. The van der Waals surface area contributed by atoms with Gasteiger partial charge < -0.3 is 9.88 Å². The predicted octanol–water partition coefficient (Wildman–Crippen LogP) is 3.87. The lowest BCUT2D eigenvalue weighted by Gasteiger charge is -2.26. The number of aromatic nitrogens is 2. The molecular formula is C22H34N4O3S2. The number of nitrogens with zero attached hydrogens (tertiary/aromatic N) is 3. The van der Waals surface area contributed by atoms with Crippen LogP contribution in [-0.2, 0) is 21.4 Å². The van der Waals surface area contributed by atoms with Gasteiger partial charge in [0.25, 0.3) is 0 Å². The molecule has 2 aromatic rings. The van der Waals surface area contributed by atoms with E-state index in [-0.39, 0.29) is 16.8 Å². The lowest BCUT2D eigenvalue weighted by atomic mass is 9.87. The summed E-state index contributed by atoms with van der Waals surface area (Å²) in [6.07, 6.45) is 4.44. The number of hydrogen-bond donors (Lipinski definition) is 1. The summed E-state index contributed by atoms with van der Waals surface area (Å²) < 4.78 is 29.2. The van der Waals surface area contributed by atoms with Crippen LogP contribution in [-0.4, -0.2) is 53.1 Å². The molecular weight excluding hydrogens is 432 g/mol. The summed E-state index contributed by atoms with van der Waals surface area (Å²) in [4.78, 5) is 17.4. The maximum absolute atomic E-state index is 12.9. The Morgan fingerprint density at radius 1 is 1.19 bits per heavy atom. The summed E-state index contributed by atoms with van der Waals surface area (Å²) in [5.74, 6) is 1.09. The van der Waals surface area contributed by atoms with Crippen LogP contribution in [0.2, 0.25) is 0 Å². The number of nitrogens with one attached hydrogen (secondary N) is 1. The first-order valence-electron chi connectivity index (χ1n) is 11.2. The Kier molecular flexibility index (Phi) is 8.04. The molecule has 0 bridgehead atoms. The standard InChI is InChI=1S/C22H34N4O3S2/c1-5-25(6-2)31(28,29)18-12-13-20-19(14-18)24-22(26(20)7-3)30-15-21(27)23-17-10-8-16(4)9-11-17/h12-14,16-17H,5-11,15H2,1-4H3,(H,23,27). The highest BCUT2D eigenvalue weighted by Crippen LogP contribution is 2.28.